The van der Waals surface area contributed by atoms with E-state index in [-0.39, 0.29) is 6.42 Å². The zero-order chi connectivity index (χ0) is 12.5. The van der Waals surface area contributed by atoms with E-state index in [1.165, 1.54) is 0 Å². The summed E-state index contributed by atoms with van der Waals surface area (Å²) in [5.74, 6) is 5.80. The molecular weight excluding hydrogens is 236 g/mol. The molecule has 1 aromatic rings. The first-order chi connectivity index (χ1) is 8.22. The summed E-state index contributed by atoms with van der Waals surface area (Å²) in [6.07, 6.45) is 2.38. The zero-order valence-electron chi connectivity index (χ0n) is 9.58. The van der Waals surface area contributed by atoms with E-state index in [1.807, 2.05) is 24.3 Å². The van der Waals surface area contributed by atoms with Crippen LogP contribution in [0.15, 0.2) is 24.3 Å². The van der Waals surface area contributed by atoms with E-state index in [4.69, 9.17) is 16.7 Å². The average Bonchev–Trinajstić information content (AvgIpc) is 2.31. The molecule has 0 fully saturated rings. The molecule has 1 rings (SSSR count). The number of carboxylic acid groups (broad SMARTS) is 1. The fraction of sp³-hybridized carbons (Fsp3) is 0.357. The molecule has 0 radical (unpaired) electrons. The van der Waals surface area contributed by atoms with Crippen molar-refractivity contribution in [3.05, 3.63) is 35.4 Å². The lowest BCUT2D eigenvalue weighted by Gasteiger charge is -1.99. The molecule has 1 N–H and O–H groups in total. The zero-order valence-corrected chi connectivity index (χ0v) is 10.3. The second kappa shape index (κ2) is 7.76. The average molecular weight is 251 g/mol. The van der Waals surface area contributed by atoms with E-state index in [9.17, 15) is 4.79 Å². The highest BCUT2D eigenvalue weighted by molar-refractivity contribution is 6.18. The van der Waals surface area contributed by atoms with Crippen LogP contribution in [-0.2, 0) is 11.2 Å². The van der Waals surface area contributed by atoms with Crippen LogP contribution >= 0.6 is 11.6 Å². The summed E-state index contributed by atoms with van der Waals surface area (Å²) in [7, 11) is 0. The molecule has 1 aromatic carbocycles. The molecular formula is C14H15ClO2. The fourth-order valence-corrected chi connectivity index (χ4v) is 1.50. The van der Waals surface area contributed by atoms with Gasteiger partial charge in [-0.1, -0.05) is 24.0 Å². The van der Waals surface area contributed by atoms with E-state index >= 15 is 0 Å². The van der Waals surface area contributed by atoms with E-state index in [2.05, 4.69) is 11.8 Å². The maximum absolute atomic E-state index is 10.4. The van der Waals surface area contributed by atoms with Gasteiger partial charge in [0.15, 0.2) is 0 Å². The number of hydrogen-bond acceptors (Lipinski definition) is 1. The van der Waals surface area contributed by atoms with Crippen molar-refractivity contribution in [1.29, 1.82) is 0 Å². The molecule has 0 spiro atoms. The number of aliphatic carboxylic acids is 1. The van der Waals surface area contributed by atoms with Gasteiger partial charge < -0.3 is 5.11 Å². The first-order valence-corrected chi connectivity index (χ1v) is 6.11. The van der Waals surface area contributed by atoms with Gasteiger partial charge in [-0.2, -0.15) is 0 Å². The van der Waals surface area contributed by atoms with Gasteiger partial charge in [0.1, 0.15) is 0 Å². The highest BCUT2D eigenvalue weighted by atomic mass is 35.5. The highest BCUT2D eigenvalue weighted by Crippen LogP contribution is 2.07. The molecule has 2 nitrogen and oxygen atoms in total. The lowest BCUT2D eigenvalue weighted by atomic mass is 10.1. The van der Waals surface area contributed by atoms with E-state index in [0.717, 1.165) is 17.5 Å². The van der Waals surface area contributed by atoms with Gasteiger partial charge in [0.05, 0.1) is 0 Å². The lowest BCUT2D eigenvalue weighted by molar-refractivity contribution is -0.137. The standard InChI is InChI=1S/C14H15ClO2/c15-11-2-1-4-12-7-9-13(10-8-12)5-3-6-14(16)17/h7-10H,2-3,5-6,11H2,(H,16,17). The van der Waals surface area contributed by atoms with Crippen molar-refractivity contribution >= 4 is 17.6 Å². The Kier molecular flexibility index (Phi) is 6.21. The number of benzene rings is 1. The molecule has 3 heteroatoms. The van der Waals surface area contributed by atoms with Crippen LogP contribution in [0, 0.1) is 11.8 Å². The molecule has 0 aliphatic rings. The van der Waals surface area contributed by atoms with Gasteiger partial charge >= 0.3 is 5.97 Å². The number of carbonyl (C=O) groups is 1. The number of rotatable bonds is 5. The van der Waals surface area contributed by atoms with Gasteiger partial charge in [-0.3, -0.25) is 4.79 Å². The summed E-state index contributed by atoms with van der Waals surface area (Å²) < 4.78 is 0. The Labute approximate surface area is 107 Å². The molecule has 0 aliphatic carbocycles. The quantitative estimate of drug-likeness (QED) is 0.644. The van der Waals surface area contributed by atoms with E-state index < -0.39 is 5.97 Å². The Bertz CT molecular complexity index is 412. The monoisotopic (exact) mass is 250 g/mol. The number of alkyl halides is 1. The minimum Gasteiger partial charge on any atom is -0.481 e. The Balaban J connectivity index is 2.45. The van der Waals surface area contributed by atoms with E-state index in [1.54, 1.807) is 0 Å². The van der Waals surface area contributed by atoms with Crippen LogP contribution in [0.1, 0.15) is 30.4 Å². The molecule has 0 saturated carbocycles. The maximum atomic E-state index is 10.4. The molecule has 0 atom stereocenters. The molecule has 0 aliphatic heterocycles. The molecule has 90 valence electrons. The summed E-state index contributed by atoms with van der Waals surface area (Å²) in [6.45, 7) is 0. The summed E-state index contributed by atoms with van der Waals surface area (Å²) in [6, 6.07) is 7.90. The van der Waals surface area contributed by atoms with Crippen molar-refractivity contribution in [2.24, 2.45) is 0 Å². The fourth-order valence-electron chi connectivity index (χ4n) is 1.41. The third kappa shape index (κ3) is 5.99. The molecule has 0 aromatic heterocycles. The van der Waals surface area contributed by atoms with Crippen molar-refractivity contribution in [3.8, 4) is 11.8 Å². The molecule has 0 bridgehead atoms. The van der Waals surface area contributed by atoms with Crippen molar-refractivity contribution in [3.63, 3.8) is 0 Å². The van der Waals surface area contributed by atoms with Crippen molar-refractivity contribution in [2.45, 2.75) is 25.7 Å². The SMILES string of the molecule is O=C(O)CCCc1ccc(C#CCCCl)cc1. The minimum atomic E-state index is -0.742. The molecule has 0 amide bonds. The normalized spacial score (nSPS) is 9.47. The van der Waals surface area contributed by atoms with Gasteiger partial charge in [-0.05, 0) is 30.5 Å². The Morgan fingerprint density at radius 3 is 2.59 bits per heavy atom. The van der Waals surface area contributed by atoms with Gasteiger partial charge in [0, 0.05) is 24.3 Å². The molecule has 17 heavy (non-hydrogen) atoms. The Morgan fingerprint density at radius 2 is 2.00 bits per heavy atom. The molecule has 0 heterocycles. The summed E-state index contributed by atoms with van der Waals surface area (Å²) in [5.41, 5.74) is 2.12. The van der Waals surface area contributed by atoms with Gasteiger partial charge in [-0.15, -0.1) is 11.6 Å². The van der Waals surface area contributed by atoms with Crippen LogP contribution < -0.4 is 0 Å². The van der Waals surface area contributed by atoms with Crippen LogP contribution in [0.5, 0.6) is 0 Å². The van der Waals surface area contributed by atoms with Crippen molar-refractivity contribution in [1.82, 2.24) is 0 Å². The van der Waals surface area contributed by atoms with Gasteiger partial charge in [-0.25, -0.2) is 0 Å². The summed E-state index contributed by atoms with van der Waals surface area (Å²) in [4.78, 5) is 10.4. The second-order valence-corrected chi connectivity index (χ2v) is 4.06. The summed E-state index contributed by atoms with van der Waals surface area (Å²) in [5, 5.41) is 8.53. The van der Waals surface area contributed by atoms with Crippen molar-refractivity contribution < 1.29 is 9.90 Å². The maximum Gasteiger partial charge on any atom is 0.303 e. The first-order valence-electron chi connectivity index (χ1n) is 5.58. The lowest BCUT2D eigenvalue weighted by Crippen LogP contribution is -1.95. The Hall–Kier alpha value is -1.46. The third-order valence-corrected chi connectivity index (χ3v) is 2.45. The highest BCUT2D eigenvalue weighted by Gasteiger charge is 1.98. The number of carboxylic acids is 1. The number of hydrogen-bond donors (Lipinski definition) is 1. The first kappa shape index (κ1) is 13.6. The molecule has 0 saturated heterocycles. The summed E-state index contributed by atoms with van der Waals surface area (Å²) >= 11 is 5.53. The predicted molar refractivity (Wildman–Crippen MR) is 69.2 cm³/mol. The topological polar surface area (TPSA) is 37.3 Å². The third-order valence-electron chi connectivity index (χ3n) is 2.26. The van der Waals surface area contributed by atoms with Crippen molar-refractivity contribution in [2.75, 3.05) is 5.88 Å². The minimum absolute atomic E-state index is 0.220. The van der Waals surface area contributed by atoms with Crippen LogP contribution in [0.3, 0.4) is 0 Å². The van der Waals surface area contributed by atoms with Gasteiger partial charge in [0.2, 0.25) is 0 Å². The smallest absolute Gasteiger partial charge is 0.303 e. The van der Waals surface area contributed by atoms with Crippen LogP contribution in [-0.4, -0.2) is 17.0 Å². The number of halogens is 1. The molecule has 0 unspecified atom stereocenters. The predicted octanol–water partition coefficient (Wildman–Crippen LogP) is 3.07. The van der Waals surface area contributed by atoms with Gasteiger partial charge in [0.25, 0.3) is 0 Å². The largest absolute Gasteiger partial charge is 0.481 e. The Morgan fingerprint density at radius 1 is 1.29 bits per heavy atom. The number of aryl methyl sites for hydroxylation is 1. The van der Waals surface area contributed by atoms with Crippen LogP contribution in [0.25, 0.3) is 0 Å². The second-order valence-electron chi connectivity index (χ2n) is 3.68. The van der Waals surface area contributed by atoms with E-state index in [0.29, 0.717) is 18.7 Å². The van der Waals surface area contributed by atoms with Crippen LogP contribution in [0.4, 0.5) is 0 Å². The van der Waals surface area contributed by atoms with Crippen LogP contribution in [0.2, 0.25) is 0 Å².